The molecule has 6 nitrogen and oxygen atoms in total. The van der Waals surface area contributed by atoms with Gasteiger partial charge in [-0.15, -0.1) is 0 Å². The van der Waals surface area contributed by atoms with E-state index < -0.39 is 0 Å². The maximum Gasteiger partial charge on any atom is 0.234 e. The van der Waals surface area contributed by atoms with Gasteiger partial charge in [-0.2, -0.15) is 0 Å². The number of piperazine rings is 1. The molecule has 1 aliphatic heterocycles. The lowest BCUT2D eigenvalue weighted by Crippen LogP contribution is -2.55. The van der Waals surface area contributed by atoms with Gasteiger partial charge < -0.3 is 15.2 Å². The van der Waals surface area contributed by atoms with Crippen LogP contribution < -0.4 is 10.1 Å². The summed E-state index contributed by atoms with van der Waals surface area (Å²) in [5.41, 5.74) is 1.18. The first-order chi connectivity index (χ1) is 12.0. The number of methoxy groups -OCH3 is 1. The molecule has 6 heteroatoms. The number of amides is 1. The van der Waals surface area contributed by atoms with Gasteiger partial charge in [-0.3, -0.25) is 14.6 Å². The van der Waals surface area contributed by atoms with Gasteiger partial charge in [0.2, 0.25) is 5.91 Å². The van der Waals surface area contributed by atoms with Crippen LogP contribution in [-0.4, -0.2) is 79.3 Å². The molecule has 2 rings (SSSR count). The zero-order chi connectivity index (χ0) is 18.2. The molecule has 1 heterocycles. The number of rotatable bonds is 8. The predicted octanol–water partition coefficient (Wildman–Crippen LogP) is 0.741. The number of hydrogen-bond acceptors (Lipinski definition) is 5. The highest BCUT2D eigenvalue weighted by Gasteiger charge is 2.25. The van der Waals surface area contributed by atoms with Gasteiger partial charge in [0.25, 0.3) is 0 Å². The Morgan fingerprint density at radius 2 is 2.08 bits per heavy atom. The molecule has 2 unspecified atom stereocenters. The Hall–Kier alpha value is -1.63. The average Bonchev–Trinajstić information content (AvgIpc) is 2.57. The van der Waals surface area contributed by atoms with Crippen LogP contribution in [0, 0.1) is 0 Å². The zero-order valence-corrected chi connectivity index (χ0v) is 15.6. The summed E-state index contributed by atoms with van der Waals surface area (Å²) in [4.78, 5) is 16.6. The van der Waals surface area contributed by atoms with Gasteiger partial charge in [-0.25, -0.2) is 0 Å². The van der Waals surface area contributed by atoms with Crippen LogP contribution in [0.15, 0.2) is 24.3 Å². The van der Waals surface area contributed by atoms with Crippen molar-refractivity contribution >= 4 is 5.91 Å². The van der Waals surface area contributed by atoms with Gasteiger partial charge in [0, 0.05) is 38.8 Å². The number of carbonyl (C=O) groups excluding carboxylic acids is 1. The van der Waals surface area contributed by atoms with Crippen LogP contribution >= 0.6 is 0 Å². The largest absolute Gasteiger partial charge is 0.497 e. The van der Waals surface area contributed by atoms with Crippen LogP contribution in [0.5, 0.6) is 5.75 Å². The average molecular weight is 349 g/mol. The number of β-amino-alcohol motifs (C(OH)–C–C–N with tert-alkyl or cyclic N) is 1. The number of aliphatic hydroxyl groups excluding tert-OH is 1. The third kappa shape index (κ3) is 6.65. The summed E-state index contributed by atoms with van der Waals surface area (Å²) in [6, 6.07) is 8.27. The molecular weight excluding hydrogens is 318 g/mol. The van der Waals surface area contributed by atoms with E-state index in [1.807, 2.05) is 31.2 Å². The van der Waals surface area contributed by atoms with E-state index in [-0.39, 0.29) is 12.0 Å². The van der Waals surface area contributed by atoms with E-state index >= 15 is 0 Å². The summed E-state index contributed by atoms with van der Waals surface area (Å²) in [6.45, 7) is 8.36. The Balaban J connectivity index is 1.66. The first-order valence-electron chi connectivity index (χ1n) is 9.02. The highest BCUT2D eigenvalue weighted by Crippen LogP contribution is 2.12. The molecule has 2 atom stereocenters. The van der Waals surface area contributed by atoms with Gasteiger partial charge in [-0.1, -0.05) is 12.1 Å². The van der Waals surface area contributed by atoms with Gasteiger partial charge in [0.15, 0.2) is 0 Å². The summed E-state index contributed by atoms with van der Waals surface area (Å²) >= 11 is 0. The lowest BCUT2D eigenvalue weighted by atomic mass is 10.1. The van der Waals surface area contributed by atoms with Crippen molar-refractivity contribution in [1.82, 2.24) is 15.1 Å². The van der Waals surface area contributed by atoms with E-state index in [1.54, 1.807) is 7.11 Å². The van der Waals surface area contributed by atoms with Crippen molar-refractivity contribution in [3.63, 3.8) is 0 Å². The predicted molar refractivity (Wildman–Crippen MR) is 98.9 cm³/mol. The number of carbonyl (C=O) groups is 1. The van der Waals surface area contributed by atoms with E-state index in [0.717, 1.165) is 31.8 Å². The summed E-state index contributed by atoms with van der Waals surface area (Å²) in [6.07, 6.45) is 0.504. The highest BCUT2D eigenvalue weighted by molar-refractivity contribution is 5.78. The molecule has 140 valence electrons. The van der Waals surface area contributed by atoms with Crippen LogP contribution in [0.4, 0.5) is 0 Å². The number of nitrogens with zero attached hydrogens (tertiary/aromatic N) is 2. The number of benzene rings is 1. The third-order valence-corrected chi connectivity index (χ3v) is 4.61. The molecule has 0 bridgehead atoms. The molecule has 1 aromatic rings. The van der Waals surface area contributed by atoms with Crippen molar-refractivity contribution in [1.29, 1.82) is 0 Å². The first-order valence-corrected chi connectivity index (χ1v) is 9.02. The van der Waals surface area contributed by atoms with E-state index in [9.17, 15) is 9.90 Å². The molecular formula is C19H31N3O3. The van der Waals surface area contributed by atoms with Gasteiger partial charge in [0.05, 0.1) is 19.8 Å². The summed E-state index contributed by atoms with van der Waals surface area (Å²) in [5, 5.41) is 12.5. The summed E-state index contributed by atoms with van der Waals surface area (Å²) < 4.78 is 5.14. The summed E-state index contributed by atoms with van der Waals surface area (Å²) in [5.74, 6) is 0.918. The third-order valence-electron chi connectivity index (χ3n) is 4.61. The minimum Gasteiger partial charge on any atom is -0.497 e. The van der Waals surface area contributed by atoms with Crippen LogP contribution in [0.1, 0.15) is 19.4 Å². The Morgan fingerprint density at radius 1 is 1.36 bits per heavy atom. The van der Waals surface area contributed by atoms with Crippen molar-refractivity contribution in [2.24, 2.45) is 0 Å². The molecule has 1 aliphatic rings. The monoisotopic (exact) mass is 349 g/mol. The van der Waals surface area contributed by atoms with E-state index in [2.05, 4.69) is 22.0 Å². The molecule has 25 heavy (non-hydrogen) atoms. The molecule has 0 aromatic heterocycles. The van der Waals surface area contributed by atoms with E-state index in [0.29, 0.717) is 25.7 Å². The lowest BCUT2D eigenvalue weighted by Gasteiger charge is -2.40. The van der Waals surface area contributed by atoms with Crippen LogP contribution in [0.25, 0.3) is 0 Å². The van der Waals surface area contributed by atoms with Crippen molar-refractivity contribution < 1.29 is 14.6 Å². The lowest BCUT2D eigenvalue weighted by molar-refractivity contribution is -0.123. The maximum absolute atomic E-state index is 12.1. The number of ether oxygens (including phenoxy) is 1. The fourth-order valence-electron chi connectivity index (χ4n) is 3.22. The van der Waals surface area contributed by atoms with Crippen molar-refractivity contribution in [2.75, 3.05) is 46.4 Å². The van der Waals surface area contributed by atoms with Crippen molar-refractivity contribution in [3.05, 3.63) is 29.8 Å². The molecule has 1 amide bonds. The topological polar surface area (TPSA) is 65.0 Å². The van der Waals surface area contributed by atoms with Gasteiger partial charge in [0.1, 0.15) is 5.75 Å². The number of aliphatic hydroxyl groups is 1. The molecule has 0 aliphatic carbocycles. The van der Waals surface area contributed by atoms with Crippen LogP contribution in [-0.2, 0) is 11.2 Å². The highest BCUT2D eigenvalue weighted by atomic mass is 16.5. The van der Waals surface area contributed by atoms with E-state index in [1.165, 1.54) is 5.56 Å². The molecule has 1 fully saturated rings. The molecule has 0 radical (unpaired) electrons. The van der Waals surface area contributed by atoms with Gasteiger partial charge >= 0.3 is 0 Å². The molecule has 1 saturated heterocycles. The Bertz CT molecular complexity index is 533. The Morgan fingerprint density at radius 3 is 2.68 bits per heavy atom. The van der Waals surface area contributed by atoms with Gasteiger partial charge in [-0.05, 0) is 38.0 Å². The van der Waals surface area contributed by atoms with Crippen LogP contribution in [0.2, 0.25) is 0 Å². The van der Waals surface area contributed by atoms with Crippen LogP contribution in [0.3, 0.4) is 0 Å². The number of nitrogens with one attached hydrogen (secondary N) is 1. The fraction of sp³-hybridized carbons (Fsp3) is 0.632. The molecule has 1 aromatic carbocycles. The normalized spacial score (nSPS) is 20.2. The Labute approximate surface area is 150 Å². The van der Waals surface area contributed by atoms with Crippen molar-refractivity contribution in [2.45, 2.75) is 32.4 Å². The van der Waals surface area contributed by atoms with E-state index in [4.69, 9.17) is 4.74 Å². The summed E-state index contributed by atoms with van der Waals surface area (Å²) in [7, 11) is 1.65. The maximum atomic E-state index is 12.1. The smallest absolute Gasteiger partial charge is 0.234 e. The van der Waals surface area contributed by atoms with Crippen molar-refractivity contribution in [3.8, 4) is 5.75 Å². The quantitative estimate of drug-likeness (QED) is 0.725. The molecule has 0 spiro atoms. The molecule has 2 N–H and O–H groups in total. The second-order valence-electron chi connectivity index (χ2n) is 6.88. The standard InChI is InChI=1S/C19H31N3O3/c1-15-12-21(10-11-22(15)13-16(2)23)14-19(24)20-9-8-17-4-6-18(25-3)7-5-17/h4-7,15-16,23H,8-14H2,1-3H3,(H,20,24). The second kappa shape index (κ2) is 9.75. The number of hydrogen-bond donors (Lipinski definition) is 2. The SMILES string of the molecule is COc1ccc(CCNC(=O)CN2CCN(CC(C)O)C(C)C2)cc1. The minimum absolute atomic E-state index is 0.0738. The first kappa shape index (κ1) is 19.7. The minimum atomic E-state index is -0.310. The molecule has 0 saturated carbocycles. The Kier molecular flexibility index (Phi) is 7.68. The second-order valence-corrected chi connectivity index (χ2v) is 6.88. The fourth-order valence-corrected chi connectivity index (χ4v) is 3.22. The zero-order valence-electron chi connectivity index (χ0n) is 15.6.